The number of rotatable bonds is 3. The minimum Gasteiger partial charge on any atom is -0.497 e. The molecular weight excluding hydrogens is 210 g/mol. The van der Waals surface area contributed by atoms with Gasteiger partial charge in [0.2, 0.25) is 0 Å². The number of carbonyl (C=O) groups excluding carboxylic acids is 1. The van der Waals surface area contributed by atoms with Gasteiger partial charge in [0.25, 0.3) is 0 Å². The molecule has 1 heterocycles. The summed E-state index contributed by atoms with van der Waals surface area (Å²) in [5.41, 5.74) is 0.738. The van der Waals surface area contributed by atoms with Crippen molar-refractivity contribution in [3.63, 3.8) is 0 Å². The number of hydrogen-bond donors (Lipinski definition) is 1. The van der Waals surface area contributed by atoms with Crippen molar-refractivity contribution in [2.24, 2.45) is 0 Å². The number of methoxy groups -OCH3 is 1. The van der Waals surface area contributed by atoms with Crippen molar-refractivity contribution >= 4 is 11.8 Å². The summed E-state index contributed by atoms with van der Waals surface area (Å²) in [6.45, 7) is 0.222. The second-order valence-corrected chi connectivity index (χ2v) is 3.50. The molecule has 0 aliphatic carbocycles. The van der Waals surface area contributed by atoms with E-state index in [2.05, 4.69) is 0 Å². The molecule has 1 amide bonds. The summed E-state index contributed by atoms with van der Waals surface area (Å²) in [5.74, 6) is 0.732. The number of aliphatic hydroxyl groups excluding tert-OH is 1. The number of carbonyl (C=O) groups is 1. The third-order valence-corrected chi connectivity index (χ3v) is 2.46. The summed E-state index contributed by atoms with van der Waals surface area (Å²) in [7, 11) is 1.58. The van der Waals surface area contributed by atoms with E-state index < -0.39 is 12.2 Å². The molecule has 0 spiro atoms. The van der Waals surface area contributed by atoms with E-state index in [0.29, 0.717) is 6.54 Å². The van der Waals surface area contributed by atoms with Crippen LogP contribution in [0.25, 0.3) is 0 Å². The molecule has 1 fully saturated rings. The lowest BCUT2D eigenvalue weighted by atomic mass is 10.2. The van der Waals surface area contributed by atoms with Crippen LogP contribution in [-0.2, 0) is 4.74 Å². The van der Waals surface area contributed by atoms with Gasteiger partial charge in [0.15, 0.2) is 0 Å². The monoisotopic (exact) mass is 223 g/mol. The van der Waals surface area contributed by atoms with E-state index in [1.165, 1.54) is 4.90 Å². The van der Waals surface area contributed by atoms with E-state index in [0.717, 1.165) is 11.4 Å². The molecular formula is C11H13NO4. The van der Waals surface area contributed by atoms with Crippen LogP contribution in [0.15, 0.2) is 24.3 Å². The van der Waals surface area contributed by atoms with Crippen LogP contribution < -0.4 is 9.64 Å². The summed E-state index contributed by atoms with van der Waals surface area (Å²) in [4.78, 5) is 12.9. The fourth-order valence-electron chi connectivity index (χ4n) is 1.59. The molecule has 86 valence electrons. The topological polar surface area (TPSA) is 59.0 Å². The second-order valence-electron chi connectivity index (χ2n) is 3.50. The lowest BCUT2D eigenvalue weighted by molar-refractivity contribution is 0.0963. The van der Waals surface area contributed by atoms with Crippen LogP contribution in [0, 0.1) is 0 Å². The molecule has 0 bridgehead atoms. The van der Waals surface area contributed by atoms with Crippen molar-refractivity contribution in [2.45, 2.75) is 6.10 Å². The van der Waals surface area contributed by atoms with Crippen LogP contribution in [0.5, 0.6) is 5.75 Å². The predicted molar refractivity (Wildman–Crippen MR) is 57.7 cm³/mol. The molecule has 0 saturated carbocycles. The third kappa shape index (κ3) is 1.94. The number of anilines is 1. The van der Waals surface area contributed by atoms with Gasteiger partial charge in [-0.25, -0.2) is 4.79 Å². The van der Waals surface area contributed by atoms with Crippen molar-refractivity contribution in [3.8, 4) is 5.75 Å². The van der Waals surface area contributed by atoms with Gasteiger partial charge in [-0.3, -0.25) is 4.90 Å². The molecule has 1 aliphatic heterocycles. The Morgan fingerprint density at radius 2 is 2.19 bits per heavy atom. The highest BCUT2D eigenvalue weighted by Gasteiger charge is 2.31. The first kappa shape index (κ1) is 10.8. The number of aliphatic hydroxyl groups is 1. The molecule has 1 aromatic rings. The average molecular weight is 223 g/mol. The standard InChI is InChI=1S/C11H13NO4/c1-15-9-4-2-8(3-5-9)12-6-10(7-13)16-11(12)14/h2-5,10,13H,6-7H2,1H3/t10-/m1/s1. The van der Waals surface area contributed by atoms with Gasteiger partial charge in [0.1, 0.15) is 11.9 Å². The Labute approximate surface area is 93.2 Å². The number of benzene rings is 1. The van der Waals surface area contributed by atoms with E-state index >= 15 is 0 Å². The minimum absolute atomic E-state index is 0.154. The first-order chi connectivity index (χ1) is 7.74. The van der Waals surface area contributed by atoms with Crippen molar-refractivity contribution in [2.75, 3.05) is 25.2 Å². The number of nitrogens with zero attached hydrogens (tertiary/aromatic N) is 1. The third-order valence-electron chi connectivity index (χ3n) is 2.46. The molecule has 5 nitrogen and oxygen atoms in total. The van der Waals surface area contributed by atoms with Gasteiger partial charge in [0, 0.05) is 5.69 Å². The lowest BCUT2D eigenvalue weighted by Crippen LogP contribution is -2.25. The van der Waals surface area contributed by atoms with E-state index in [1.54, 1.807) is 31.4 Å². The highest BCUT2D eigenvalue weighted by molar-refractivity contribution is 5.89. The Balaban J connectivity index is 2.15. The molecule has 1 saturated heterocycles. The molecule has 2 rings (SSSR count). The van der Waals surface area contributed by atoms with Crippen LogP contribution in [-0.4, -0.2) is 37.6 Å². The zero-order chi connectivity index (χ0) is 11.5. The molecule has 1 atom stereocenters. The van der Waals surface area contributed by atoms with Gasteiger partial charge in [-0.2, -0.15) is 0 Å². The maximum Gasteiger partial charge on any atom is 0.414 e. The predicted octanol–water partition coefficient (Wildman–Crippen LogP) is 1.01. The van der Waals surface area contributed by atoms with E-state index in [-0.39, 0.29) is 6.61 Å². The van der Waals surface area contributed by atoms with E-state index in [1.807, 2.05) is 0 Å². The summed E-state index contributed by atoms with van der Waals surface area (Å²) >= 11 is 0. The van der Waals surface area contributed by atoms with Gasteiger partial charge < -0.3 is 14.6 Å². The SMILES string of the molecule is COc1ccc(N2C[C@H](CO)OC2=O)cc1. The lowest BCUT2D eigenvalue weighted by Gasteiger charge is -2.12. The second kappa shape index (κ2) is 4.40. The van der Waals surface area contributed by atoms with Crippen molar-refractivity contribution in [3.05, 3.63) is 24.3 Å². The van der Waals surface area contributed by atoms with Gasteiger partial charge in [0.05, 0.1) is 20.3 Å². The zero-order valence-electron chi connectivity index (χ0n) is 8.92. The summed E-state index contributed by atoms with van der Waals surface area (Å²) in [6, 6.07) is 7.10. The zero-order valence-corrected chi connectivity index (χ0v) is 8.92. The van der Waals surface area contributed by atoms with Crippen LogP contribution in [0.1, 0.15) is 0 Å². The summed E-state index contributed by atoms with van der Waals surface area (Å²) in [6.07, 6.45) is -0.862. The minimum atomic E-state index is -0.436. The Hall–Kier alpha value is -1.75. The maximum absolute atomic E-state index is 11.5. The number of hydrogen-bond acceptors (Lipinski definition) is 4. The molecule has 5 heteroatoms. The van der Waals surface area contributed by atoms with Crippen LogP contribution in [0.3, 0.4) is 0 Å². The van der Waals surface area contributed by atoms with E-state index in [9.17, 15) is 4.79 Å². The number of cyclic esters (lactones) is 1. The Morgan fingerprint density at radius 3 is 2.69 bits per heavy atom. The maximum atomic E-state index is 11.5. The fraction of sp³-hybridized carbons (Fsp3) is 0.364. The van der Waals surface area contributed by atoms with Gasteiger partial charge >= 0.3 is 6.09 Å². The first-order valence-electron chi connectivity index (χ1n) is 4.97. The normalized spacial score (nSPS) is 19.8. The van der Waals surface area contributed by atoms with Crippen molar-refractivity contribution in [1.29, 1.82) is 0 Å². The molecule has 0 unspecified atom stereocenters. The Kier molecular flexibility index (Phi) is 2.96. The smallest absolute Gasteiger partial charge is 0.414 e. The quantitative estimate of drug-likeness (QED) is 0.830. The molecule has 0 aromatic heterocycles. The Morgan fingerprint density at radius 1 is 1.50 bits per heavy atom. The van der Waals surface area contributed by atoms with Crippen molar-refractivity contribution in [1.82, 2.24) is 0 Å². The number of amides is 1. The van der Waals surface area contributed by atoms with Gasteiger partial charge in [-0.15, -0.1) is 0 Å². The summed E-state index contributed by atoms with van der Waals surface area (Å²) in [5, 5.41) is 8.91. The van der Waals surface area contributed by atoms with E-state index in [4.69, 9.17) is 14.6 Å². The molecule has 1 aromatic carbocycles. The van der Waals surface area contributed by atoms with Crippen LogP contribution >= 0.6 is 0 Å². The first-order valence-corrected chi connectivity index (χ1v) is 4.97. The number of ether oxygens (including phenoxy) is 2. The molecule has 16 heavy (non-hydrogen) atoms. The summed E-state index contributed by atoms with van der Waals surface area (Å²) < 4.78 is 9.97. The van der Waals surface area contributed by atoms with Gasteiger partial charge in [-0.05, 0) is 24.3 Å². The highest BCUT2D eigenvalue weighted by atomic mass is 16.6. The van der Waals surface area contributed by atoms with Gasteiger partial charge in [-0.1, -0.05) is 0 Å². The highest BCUT2D eigenvalue weighted by Crippen LogP contribution is 2.23. The largest absolute Gasteiger partial charge is 0.497 e. The van der Waals surface area contributed by atoms with Crippen LogP contribution in [0.4, 0.5) is 10.5 Å². The van der Waals surface area contributed by atoms with Crippen molar-refractivity contribution < 1.29 is 19.4 Å². The molecule has 0 radical (unpaired) electrons. The average Bonchev–Trinajstić information content (AvgIpc) is 2.71. The molecule has 1 aliphatic rings. The fourth-order valence-corrected chi connectivity index (χ4v) is 1.59. The molecule has 1 N–H and O–H groups in total. The van der Waals surface area contributed by atoms with Crippen LogP contribution in [0.2, 0.25) is 0 Å². The Bertz CT molecular complexity index is 376.